The molecule has 0 aromatic carbocycles. The zero-order valence-corrected chi connectivity index (χ0v) is 10.2. The Morgan fingerprint density at radius 1 is 1.36 bits per heavy atom. The minimum atomic E-state index is -3.42. The van der Waals surface area contributed by atoms with E-state index in [0.29, 0.717) is 6.42 Å². The zero-order chi connectivity index (χ0) is 11.6. The number of hydrogen-bond acceptors (Lipinski definition) is 3. The highest BCUT2D eigenvalue weighted by atomic mass is 32.2. The maximum Gasteiger partial charge on any atom is 0.236 e. The number of nitrogens with one attached hydrogen (secondary N) is 1. The molecule has 0 aromatic heterocycles. The molecule has 1 N–H and O–H groups in total. The molecular weight excluding hydrogens is 202 g/mol. The molecule has 0 saturated carbocycles. The first-order valence-corrected chi connectivity index (χ1v) is 6.42. The fraction of sp³-hybridized carbons (Fsp3) is 0.889. The van der Waals surface area contributed by atoms with Gasteiger partial charge in [0.05, 0.1) is 6.26 Å². The van der Waals surface area contributed by atoms with Gasteiger partial charge in [0.15, 0.2) is 0 Å². The van der Waals surface area contributed by atoms with Crippen LogP contribution in [-0.2, 0) is 14.8 Å². The number of sulfonamides is 1. The molecule has 0 unspecified atom stereocenters. The van der Waals surface area contributed by atoms with Gasteiger partial charge in [-0.05, 0) is 11.8 Å². The van der Waals surface area contributed by atoms with Gasteiger partial charge >= 0.3 is 0 Å². The SMILES string of the molecule is C[C@H](CC(C)(C)C)C(=O)NS(C)(=O)=O. The lowest BCUT2D eigenvalue weighted by molar-refractivity contribution is -0.123. The molecule has 14 heavy (non-hydrogen) atoms. The quantitative estimate of drug-likeness (QED) is 0.777. The van der Waals surface area contributed by atoms with E-state index in [1.165, 1.54) is 0 Å². The van der Waals surface area contributed by atoms with E-state index in [-0.39, 0.29) is 11.3 Å². The van der Waals surface area contributed by atoms with Crippen molar-refractivity contribution in [3.8, 4) is 0 Å². The Hall–Kier alpha value is -0.580. The highest BCUT2D eigenvalue weighted by molar-refractivity contribution is 7.89. The Morgan fingerprint density at radius 2 is 1.79 bits per heavy atom. The van der Waals surface area contributed by atoms with Crippen LogP contribution in [0.4, 0.5) is 0 Å². The summed E-state index contributed by atoms with van der Waals surface area (Å²) in [4.78, 5) is 11.3. The smallest absolute Gasteiger partial charge is 0.236 e. The second-order valence-corrected chi connectivity index (χ2v) is 6.65. The molecule has 0 saturated heterocycles. The number of carbonyl (C=O) groups is 1. The van der Waals surface area contributed by atoms with E-state index in [0.717, 1.165) is 6.26 Å². The molecule has 0 aromatic rings. The fourth-order valence-electron chi connectivity index (χ4n) is 1.29. The summed E-state index contributed by atoms with van der Waals surface area (Å²) in [5, 5.41) is 0. The first kappa shape index (κ1) is 13.4. The van der Waals surface area contributed by atoms with Crippen molar-refractivity contribution in [2.24, 2.45) is 11.3 Å². The molecule has 1 atom stereocenters. The van der Waals surface area contributed by atoms with Gasteiger partial charge in [-0.1, -0.05) is 27.7 Å². The van der Waals surface area contributed by atoms with Crippen LogP contribution in [0, 0.1) is 11.3 Å². The van der Waals surface area contributed by atoms with Gasteiger partial charge in [-0.25, -0.2) is 8.42 Å². The predicted molar refractivity (Wildman–Crippen MR) is 56.2 cm³/mol. The molecule has 0 heterocycles. The minimum Gasteiger partial charge on any atom is -0.274 e. The maximum absolute atomic E-state index is 11.3. The summed E-state index contributed by atoms with van der Waals surface area (Å²) in [7, 11) is -3.42. The summed E-state index contributed by atoms with van der Waals surface area (Å²) in [6, 6.07) is 0. The van der Waals surface area contributed by atoms with E-state index in [1.54, 1.807) is 6.92 Å². The summed E-state index contributed by atoms with van der Waals surface area (Å²) >= 11 is 0. The van der Waals surface area contributed by atoms with Gasteiger partial charge in [0.1, 0.15) is 0 Å². The standard InChI is InChI=1S/C9H19NO3S/c1-7(6-9(2,3)4)8(11)10-14(5,12)13/h7H,6H2,1-5H3,(H,10,11)/t7-/m1/s1. The first-order valence-electron chi connectivity index (χ1n) is 4.53. The van der Waals surface area contributed by atoms with Gasteiger partial charge in [0, 0.05) is 5.92 Å². The third-order valence-electron chi connectivity index (χ3n) is 1.65. The van der Waals surface area contributed by atoms with E-state index >= 15 is 0 Å². The number of carbonyl (C=O) groups excluding carboxylic acids is 1. The average molecular weight is 221 g/mol. The highest BCUT2D eigenvalue weighted by Crippen LogP contribution is 2.24. The lowest BCUT2D eigenvalue weighted by atomic mass is 9.85. The van der Waals surface area contributed by atoms with Crippen molar-refractivity contribution in [1.29, 1.82) is 0 Å². The normalized spacial score (nSPS) is 14.9. The van der Waals surface area contributed by atoms with Crippen LogP contribution in [0.1, 0.15) is 34.1 Å². The van der Waals surface area contributed by atoms with Crippen molar-refractivity contribution in [1.82, 2.24) is 4.72 Å². The zero-order valence-electron chi connectivity index (χ0n) is 9.42. The van der Waals surface area contributed by atoms with E-state index in [4.69, 9.17) is 0 Å². The maximum atomic E-state index is 11.3. The van der Waals surface area contributed by atoms with E-state index in [1.807, 2.05) is 25.5 Å². The summed E-state index contributed by atoms with van der Waals surface area (Å²) < 4.78 is 23.5. The van der Waals surface area contributed by atoms with Crippen LogP contribution >= 0.6 is 0 Å². The molecule has 0 spiro atoms. The molecule has 0 aliphatic heterocycles. The Morgan fingerprint density at radius 3 is 2.07 bits per heavy atom. The molecule has 0 rings (SSSR count). The largest absolute Gasteiger partial charge is 0.274 e. The van der Waals surface area contributed by atoms with Crippen molar-refractivity contribution < 1.29 is 13.2 Å². The Kier molecular flexibility index (Phi) is 4.12. The van der Waals surface area contributed by atoms with E-state index in [9.17, 15) is 13.2 Å². The molecule has 4 nitrogen and oxygen atoms in total. The van der Waals surface area contributed by atoms with Crippen LogP contribution in [-0.4, -0.2) is 20.6 Å². The summed E-state index contributed by atoms with van der Waals surface area (Å²) in [5.74, 6) is -0.716. The fourth-order valence-corrected chi connectivity index (χ4v) is 1.86. The topological polar surface area (TPSA) is 63.2 Å². The second-order valence-electron chi connectivity index (χ2n) is 4.90. The summed E-state index contributed by atoms with van der Waals surface area (Å²) in [6.07, 6.45) is 1.64. The van der Waals surface area contributed by atoms with Crippen molar-refractivity contribution in [3.05, 3.63) is 0 Å². The molecular formula is C9H19NO3S. The Balaban J connectivity index is 4.29. The minimum absolute atomic E-state index is 0.0221. The summed E-state index contributed by atoms with van der Waals surface area (Å²) in [5.41, 5.74) is 0.0221. The highest BCUT2D eigenvalue weighted by Gasteiger charge is 2.22. The third kappa shape index (κ3) is 6.88. The van der Waals surface area contributed by atoms with Crippen LogP contribution in [0.25, 0.3) is 0 Å². The molecule has 0 fully saturated rings. The van der Waals surface area contributed by atoms with Crippen molar-refractivity contribution in [2.75, 3.05) is 6.26 Å². The summed E-state index contributed by atoms with van der Waals surface area (Å²) in [6.45, 7) is 7.76. The van der Waals surface area contributed by atoms with Crippen molar-refractivity contribution in [2.45, 2.75) is 34.1 Å². The lowest BCUT2D eigenvalue weighted by Crippen LogP contribution is -2.35. The molecule has 0 aliphatic carbocycles. The number of amides is 1. The first-order chi connectivity index (χ1) is 6.01. The molecule has 5 heteroatoms. The molecule has 0 bridgehead atoms. The number of hydrogen-bond donors (Lipinski definition) is 1. The van der Waals surface area contributed by atoms with Gasteiger partial charge in [-0.3, -0.25) is 9.52 Å². The van der Waals surface area contributed by atoms with Gasteiger partial charge in [0.25, 0.3) is 0 Å². The van der Waals surface area contributed by atoms with Crippen molar-refractivity contribution >= 4 is 15.9 Å². The van der Waals surface area contributed by atoms with Gasteiger partial charge in [-0.2, -0.15) is 0 Å². The molecule has 0 radical (unpaired) electrons. The van der Waals surface area contributed by atoms with E-state index in [2.05, 4.69) is 0 Å². The van der Waals surface area contributed by atoms with E-state index < -0.39 is 15.9 Å². The lowest BCUT2D eigenvalue weighted by Gasteiger charge is -2.22. The van der Waals surface area contributed by atoms with Gasteiger partial charge in [0.2, 0.25) is 15.9 Å². The average Bonchev–Trinajstić information content (AvgIpc) is 1.78. The molecule has 84 valence electrons. The van der Waals surface area contributed by atoms with Crippen LogP contribution in [0.5, 0.6) is 0 Å². The van der Waals surface area contributed by atoms with Crippen LogP contribution in [0.15, 0.2) is 0 Å². The van der Waals surface area contributed by atoms with Crippen LogP contribution in [0.3, 0.4) is 0 Å². The Bertz CT molecular complexity index is 301. The third-order valence-corrected chi connectivity index (χ3v) is 2.22. The Labute approximate surface area is 86.1 Å². The van der Waals surface area contributed by atoms with Crippen LogP contribution in [0.2, 0.25) is 0 Å². The van der Waals surface area contributed by atoms with Gasteiger partial charge < -0.3 is 0 Å². The second kappa shape index (κ2) is 4.29. The molecule has 1 amide bonds. The van der Waals surface area contributed by atoms with Crippen molar-refractivity contribution in [3.63, 3.8) is 0 Å². The van der Waals surface area contributed by atoms with Gasteiger partial charge in [-0.15, -0.1) is 0 Å². The molecule has 0 aliphatic rings. The van der Waals surface area contributed by atoms with Crippen LogP contribution < -0.4 is 4.72 Å². The monoisotopic (exact) mass is 221 g/mol. The predicted octanol–water partition coefficient (Wildman–Crippen LogP) is 1.13. The number of rotatable bonds is 3.